The number of aryl methyl sites for hydroxylation is 2. The highest BCUT2D eigenvalue weighted by molar-refractivity contribution is 5.51. The molecule has 0 aromatic carbocycles. The summed E-state index contributed by atoms with van der Waals surface area (Å²) in [7, 11) is 1.58. The summed E-state index contributed by atoms with van der Waals surface area (Å²) in [6.07, 6.45) is 1.69. The smallest absolute Gasteiger partial charge is 0.258 e. The minimum atomic E-state index is -0.505. The van der Waals surface area contributed by atoms with Crippen molar-refractivity contribution in [2.24, 2.45) is 7.05 Å². The van der Waals surface area contributed by atoms with Crippen LogP contribution in [0.1, 0.15) is 18.4 Å². The zero-order valence-corrected chi connectivity index (χ0v) is 9.73. The Kier molecular flexibility index (Phi) is 2.77. The number of nitrogens with zero attached hydrogens (tertiary/aromatic N) is 7. The summed E-state index contributed by atoms with van der Waals surface area (Å²) in [6, 6.07) is 1.76. The van der Waals surface area contributed by atoms with E-state index in [2.05, 4.69) is 15.2 Å². The highest BCUT2D eigenvalue weighted by Gasteiger charge is 2.27. The van der Waals surface area contributed by atoms with Crippen molar-refractivity contribution in [2.75, 3.05) is 0 Å². The maximum absolute atomic E-state index is 11.1. The number of hydrogen-bond acceptors (Lipinski definition) is 6. The topological polar surface area (TPSA) is 115 Å². The molecule has 9 heteroatoms. The van der Waals surface area contributed by atoms with Crippen molar-refractivity contribution >= 4 is 5.69 Å². The summed E-state index contributed by atoms with van der Waals surface area (Å²) in [5, 5.41) is 27.6. The summed E-state index contributed by atoms with van der Waals surface area (Å²) in [5.74, 6) is 0.134. The van der Waals surface area contributed by atoms with Gasteiger partial charge in [-0.3, -0.25) is 10.1 Å². The molecule has 0 aliphatic heterocycles. The van der Waals surface area contributed by atoms with Crippen LogP contribution in [0.5, 0.6) is 0 Å². The molecule has 0 bridgehead atoms. The summed E-state index contributed by atoms with van der Waals surface area (Å²) in [5.41, 5.74) is 0.251. The van der Waals surface area contributed by atoms with E-state index < -0.39 is 4.92 Å². The lowest BCUT2D eigenvalue weighted by Crippen LogP contribution is -2.06. The lowest BCUT2D eigenvalue weighted by molar-refractivity contribution is -0.385. The summed E-state index contributed by atoms with van der Waals surface area (Å²) in [6.45, 7) is 1.78. The Morgan fingerprint density at radius 3 is 2.78 bits per heavy atom. The van der Waals surface area contributed by atoms with Crippen molar-refractivity contribution < 1.29 is 4.92 Å². The van der Waals surface area contributed by atoms with Gasteiger partial charge in [-0.1, -0.05) is 6.92 Å². The molecule has 0 atom stereocenters. The van der Waals surface area contributed by atoms with Gasteiger partial charge in [0.15, 0.2) is 0 Å². The molecule has 2 rings (SSSR count). The predicted molar refractivity (Wildman–Crippen MR) is 58.9 cm³/mol. The molecule has 0 unspecified atom stereocenters. The number of hydrogen-bond donors (Lipinski definition) is 0. The molecule has 18 heavy (non-hydrogen) atoms. The summed E-state index contributed by atoms with van der Waals surface area (Å²) >= 11 is 0. The van der Waals surface area contributed by atoms with Gasteiger partial charge in [-0.25, -0.2) is 9.67 Å². The molecule has 2 heterocycles. The van der Waals surface area contributed by atoms with Crippen molar-refractivity contribution in [3.63, 3.8) is 0 Å². The van der Waals surface area contributed by atoms with Gasteiger partial charge in [0.1, 0.15) is 18.1 Å². The highest BCUT2D eigenvalue weighted by atomic mass is 16.6. The second-order valence-electron chi connectivity index (χ2n) is 3.48. The van der Waals surface area contributed by atoms with Gasteiger partial charge < -0.3 is 0 Å². The van der Waals surface area contributed by atoms with Gasteiger partial charge in [0.25, 0.3) is 5.82 Å². The largest absolute Gasteiger partial charge is 0.336 e. The van der Waals surface area contributed by atoms with Crippen LogP contribution >= 0.6 is 0 Å². The molecular weight excluding hydrogens is 238 g/mol. The number of nitro groups is 1. The highest BCUT2D eigenvalue weighted by Crippen LogP contribution is 2.26. The predicted octanol–water partition coefficient (Wildman–Crippen LogP) is 0.343. The van der Waals surface area contributed by atoms with E-state index in [9.17, 15) is 10.1 Å². The van der Waals surface area contributed by atoms with Crippen LogP contribution in [0.2, 0.25) is 0 Å². The Balaban J connectivity index is 2.66. The quantitative estimate of drug-likeness (QED) is 0.570. The van der Waals surface area contributed by atoms with Gasteiger partial charge >= 0.3 is 5.69 Å². The van der Waals surface area contributed by atoms with Gasteiger partial charge in [0, 0.05) is 7.05 Å². The molecule has 0 aliphatic carbocycles. The number of aromatic nitrogens is 5. The van der Waals surface area contributed by atoms with Crippen LogP contribution in [0, 0.1) is 21.4 Å². The third-order valence-corrected chi connectivity index (χ3v) is 2.39. The molecule has 2 aromatic rings. The molecule has 0 saturated carbocycles. The molecule has 0 radical (unpaired) electrons. The maximum Gasteiger partial charge on any atom is 0.336 e. The van der Waals surface area contributed by atoms with Crippen LogP contribution in [-0.2, 0) is 13.5 Å². The Hall–Kier alpha value is -2.76. The Bertz CT molecular complexity index is 648. The normalized spacial score (nSPS) is 10.3. The van der Waals surface area contributed by atoms with E-state index in [0.29, 0.717) is 12.1 Å². The van der Waals surface area contributed by atoms with E-state index in [-0.39, 0.29) is 17.3 Å². The third kappa shape index (κ3) is 1.69. The Labute approximate surface area is 101 Å². The van der Waals surface area contributed by atoms with Gasteiger partial charge in [0.05, 0.1) is 4.92 Å². The molecule has 0 aliphatic rings. The van der Waals surface area contributed by atoms with E-state index in [1.54, 1.807) is 20.0 Å². The average Bonchev–Trinajstić information content (AvgIpc) is 2.91. The van der Waals surface area contributed by atoms with Crippen LogP contribution < -0.4 is 0 Å². The molecule has 92 valence electrons. The van der Waals surface area contributed by atoms with Crippen molar-refractivity contribution in [1.29, 1.82) is 5.26 Å². The van der Waals surface area contributed by atoms with Gasteiger partial charge in [0.2, 0.25) is 5.82 Å². The van der Waals surface area contributed by atoms with Crippen LogP contribution in [0.25, 0.3) is 5.82 Å². The van der Waals surface area contributed by atoms with Crippen LogP contribution in [-0.4, -0.2) is 29.5 Å². The first-order valence-electron chi connectivity index (χ1n) is 5.10. The van der Waals surface area contributed by atoms with Crippen LogP contribution in [0.4, 0.5) is 5.69 Å². The minimum absolute atomic E-state index is 0.0523. The fraction of sp³-hybridized carbons (Fsp3) is 0.333. The first kappa shape index (κ1) is 11.7. The Morgan fingerprint density at radius 2 is 2.28 bits per heavy atom. The maximum atomic E-state index is 11.1. The van der Waals surface area contributed by atoms with Crippen molar-refractivity contribution in [2.45, 2.75) is 13.3 Å². The van der Waals surface area contributed by atoms with Gasteiger partial charge in [-0.15, -0.1) is 5.10 Å². The zero-order chi connectivity index (χ0) is 13.3. The average molecular weight is 247 g/mol. The second kappa shape index (κ2) is 4.25. The fourth-order valence-electron chi connectivity index (χ4n) is 1.66. The zero-order valence-electron chi connectivity index (χ0n) is 9.73. The third-order valence-electron chi connectivity index (χ3n) is 2.39. The summed E-state index contributed by atoms with van der Waals surface area (Å²) < 4.78 is 2.54. The fourth-order valence-corrected chi connectivity index (χ4v) is 1.66. The number of nitriles is 1. The first-order valence-corrected chi connectivity index (χ1v) is 5.10. The SMILES string of the molecule is CCc1nn(C)c(-n2cnc(C#N)n2)c1[N+](=O)[O-]. The van der Waals surface area contributed by atoms with E-state index >= 15 is 0 Å². The monoisotopic (exact) mass is 247 g/mol. The number of rotatable bonds is 3. The van der Waals surface area contributed by atoms with E-state index in [1.807, 2.05) is 0 Å². The van der Waals surface area contributed by atoms with Crippen molar-refractivity contribution in [3.8, 4) is 11.9 Å². The summed E-state index contributed by atoms with van der Waals surface area (Å²) in [4.78, 5) is 14.3. The lowest BCUT2D eigenvalue weighted by Gasteiger charge is -1.99. The van der Waals surface area contributed by atoms with E-state index in [1.165, 1.54) is 15.7 Å². The van der Waals surface area contributed by atoms with Crippen molar-refractivity contribution in [1.82, 2.24) is 24.5 Å². The van der Waals surface area contributed by atoms with E-state index in [0.717, 1.165) is 0 Å². The molecule has 2 aromatic heterocycles. The first-order chi connectivity index (χ1) is 8.58. The molecule has 0 N–H and O–H groups in total. The second-order valence-corrected chi connectivity index (χ2v) is 3.48. The van der Waals surface area contributed by atoms with Gasteiger partial charge in [-0.2, -0.15) is 15.0 Å². The van der Waals surface area contributed by atoms with Crippen LogP contribution in [0.15, 0.2) is 6.33 Å². The molecule has 0 fully saturated rings. The molecule has 0 spiro atoms. The molecule has 9 nitrogen and oxygen atoms in total. The molecule has 0 amide bonds. The van der Waals surface area contributed by atoms with Crippen LogP contribution in [0.3, 0.4) is 0 Å². The molecular formula is C9H9N7O2. The standard InChI is InChI=1S/C9H9N7O2/c1-3-6-8(16(17)18)9(14(2)12-6)15-5-11-7(4-10)13-15/h5H,3H2,1-2H3. The van der Waals surface area contributed by atoms with Gasteiger partial charge in [-0.05, 0) is 6.42 Å². The van der Waals surface area contributed by atoms with Crippen molar-refractivity contribution in [3.05, 3.63) is 28.0 Å². The Morgan fingerprint density at radius 1 is 1.56 bits per heavy atom. The molecule has 0 saturated heterocycles. The lowest BCUT2D eigenvalue weighted by atomic mass is 10.3. The minimum Gasteiger partial charge on any atom is -0.258 e. The van der Waals surface area contributed by atoms with E-state index in [4.69, 9.17) is 5.26 Å².